The number of nitrogens with one attached hydrogen (secondary N) is 1. The molecule has 0 spiro atoms. The SMILES string of the molecule is CNCC(C)C(=O)N1CCN(CC(=O)N2CCCCC2)CC1. The summed E-state index contributed by atoms with van der Waals surface area (Å²) in [5.74, 6) is 0.492. The highest BCUT2D eigenvalue weighted by Gasteiger charge is 2.26. The molecule has 0 saturated carbocycles. The number of carbonyl (C=O) groups excluding carboxylic acids is 2. The van der Waals surface area contributed by atoms with E-state index in [2.05, 4.69) is 10.2 Å². The largest absolute Gasteiger partial charge is 0.342 e. The molecule has 0 bridgehead atoms. The van der Waals surface area contributed by atoms with E-state index in [0.717, 1.165) is 52.1 Å². The van der Waals surface area contributed by atoms with Gasteiger partial charge in [0.05, 0.1) is 6.54 Å². The zero-order valence-electron chi connectivity index (χ0n) is 14.0. The molecule has 0 aromatic heterocycles. The van der Waals surface area contributed by atoms with E-state index >= 15 is 0 Å². The first kappa shape index (κ1) is 17.2. The van der Waals surface area contributed by atoms with Crippen molar-refractivity contribution in [2.45, 2.75) is 26.2 Å². The first-order valence-electron chi connectivity index (χ1n) is 8.55. The van der Waals surface area contributed by atoms with Gasteiger partial charge < -0.3 is 15.1 Å². The zero-order valence-corrected chi connectivity index (χ0v) is 14.0. The summed E-state index contributed by atoms with van der Waals surface area (Å²) < 4.78 is 0. The summed E-state index contributed by atoms with van der Waals surface area (Å²) in [6.07, 6.45) is 3.52. The van der Waals surface area contributed by atoms with Crippen molar-refractivity contribution in [1.82, 2.24) is 20.0 Å². The Morgan fingerprint density at radius 1 is 0.955 bits per heavy atom. The average molecular weight is 310 g/mol. The van der Waals surface area contributed by atoms with Gasteiger partial charge in [-0.3, -0.25) is 14.5 Å². The molecule has 2 fully saturated rings. The van der Waals surface area contributed by atoms with Crippen LogP contribution in [0.1, 0.15) is 26.2 Å². The van der Waals surface area contributed by atoms with Gasteiger partial charge in [0.2, 0.25) is 11.8 Å². The minimum atomic E-state index is 0.0199. The van der Waals surface area contributed by atoms with Crippen molar-refractivity contribution < 1.29 is 9.59 Å². The molecule has 0 aromatic rings. The second-order valence-electron chi connectivity index (χ2n) is 6.50. The Morgan fingerprint density at radius 2 is 1.59 bits per heavy atom. The van der Waals surface area contributed by atoms with Crippen LogP contribution in [0, 0.1) is 5.92 Å². The monoisotopic (exact) mass is 310 g/mol. The molecule has 6 nitrogen and oxygen atoms in total. The molecular formula is C16H30N4O2. The van der Waals surface area contributed by atoms with Crippen LogP contribution < -0.4 is 5.32 Å². The van der Waals surface area contributed by atoms with Crippen molar-refractivity contribution >= 4 is 11.8 Å². The third kappa shape index (κ3) is 4.68. The van der Waals surface area contributed by atoms with Crippen LogP contribution in [-0.2, 0) is 9.59 Å². The second kappa shape index (κ2) is 8.48. The van der Waals surface area contributed by atoms with Crippen molar-refractivity contribution in [2.24, 2.45) is 5.92 Å². The third-order valence-electron chi connectivity index (χ3n) is 4.68. The Morgan fingerprint density at radius 3 is 2.18 bits per heavy atom. The molecule has 6 heteroatoms. The van der Waals surface area contributed by atoms with E-state index in [9.17, 15) is 9.59 Å². The van der Waals surface area contributed by atoms with Crippen LogP contribution in [0.2, 0.25) is 0 Å². The van der Waals surface area contributed by atoms with Crippen LogP contribution >= 0.6 is 0 Å². The summed E-state index contributed by atoms with van der Waals surface area (Å²) in [7, 11) is 1.87. The zero-order chi connectivity index (χ0) is 15.9. The molecule has 1 N–H and O–H groups in total. The van der Waals surface area contributed by atoms with Gasteiger partial charge in [-0.2, -0.15) is 0 Å². The smallest absolute Gasteiger partial charge is 0.236 e. The molecule has 126 valence electrons. The Kier molecular flexibility index (Phi) is 6.64. The van der Waals surface area contributed by atoms with Gasteiger partial charge in [-0.1, -0.05) is 6.92 Å². The molecule has 1 unspecified atom stereocenters. The normalized spacial score (nSPS) is 21.7. The second-order valence-corrected chi connectivity index (χ2v) is 6.50. The fraction of sp³-hybridized carbons (Fsp3) is 0.875. The van der Waals surface area contributed by atoms with E-state index in [0.29, 0.717) is 13.1 Å². The number of hydrogen-bond donors (Lipinski definition) is 1. The van der Waals surface area contributed by atoms with E-state index in [1.165, 1.54) is 6.42 Å². The maximum absolute atomic E-state index is 12.3. The minimum absolute atomic E-state index is 0.0199. The molecule has 2 rings (SSSR count). The lowest BCUT2D eigenvalue weighted by Gasteiger charge is -2.37. The third-order valence-corrected chi connectivity index (χ3v) is 4.68. The quantitative estimate of drug-likeness (QED) is 0.776. The molecule has 1 atom stereocenters. The molecule has 2 heterocycles. The van der Waals surface area contributed by atoms with Crippen molar-refractivity contribution in [1.29, 1.82) is 0 Å². The molecule has 22 heavy (non-hydrogen) atoms. The van der Waals surface area contributed by atoms with Gasteiger partial charge in [0.15, 0.2) is 0 Å². The summed E-state index contributed by atoms with van der Waals surface area (Å²) in [6.45, 7) is 8.10. The maximum atomic E-state index is 12.3. The van der Waals surface area contributed by atoms with Gasteiger partial charge in [0.25, 0.3) is 0 Å². The van der Waals surface area contributed by atoms with Crippen molar-refractivity contribution in [3.63, 3.8) is 0 Å². The van der Waals surface area contributed by atoms with Gasteiger partial charge in [-0.25, -0.2) is 0 Å². The fourth-order valence-electron chi connectivity index (χ4n) is 3.27. The first-order chi connectivity index (χ1) is 10.6. The van der Waals surface area contributed by atoms with Crippen LogP contribution in [0.25, 0.3) is 0 Å². The fourth-order valence-corrected chi connectivity index (χ4v) is 3.27. The van der Waals surface area contributed by atoms with Crippen LogP contribution in [0.4, 0.5) is 0 Å². The van der Waals surface area contributed by atoms with Crippen LogP contribution in [0.15, 0.2) is 0 Å². The molecule has 2 aliphatic rings. The summed E-state index contributed by atoms with van der Waals surface area (Å²) in [6, 6.07) is 0. The van der Waals surface area contributed by atoms with Gasteiger partial charge in [0.1, 0.15) is 0 Å². The lowest BCUT2D eigenvalue weighted by atomic mass is 10.1. The van der Waals surface area contributed by atoms with Gasteiger partial charge in [-0.05, 0) is 26.3 Å². The predicted octanol–water partition coefficient (Wildman–Crippen LogP) is -0.00140. The number of rotatable bonds is 5. The van der Waals surface area contributed by atoms with Gasteiger partial charge in [0, 0.05) is 51.7 Å². The Hall–Kier alpha value is -1.14. The summed E-state index contributed by atoms with van der Waals surface area (Å²) in [4.78, 5) is 30.6. The van der Waals surface area contributed by atoms with Crippen molar-refractivity contribution in [2.75, 3.05) is 59.4 Å². The predicted molar refractivity (Wildman–Crippen MR) is 86.5 cm³/mol. The van der Waals surface area contributed by atoms with Crippen LogP contribution in [0.5, 0.6) is 0 Å². The number of hydrogen-bond acceptors (Lipinski definition) is 4. The molecule has 0 aliphatic carbocycles. The molecule has 2 aliphatic heterocycles. The standard InChI is InChI=1S/C16H30N4O2/c1-14(12-17-2)16(22)20-10-8-18(9-11-20)13-15(21)19-6-4-3-5-7-19/h14,17H,3-13H2,1-2H3. The Labute approximate surface area is 133 Å². The van der Waals surface area contributed by atoms with E-state index in [1.54, 1.807) is 0 Å². The summed E-state index contributed by atoms with van der Waals surface area (Å²) >= 11 is 0. The van der Waals surface area contributed by atoms with E-state index < -0.39 is 0 Å². The molecule has 2 saturated heterocycles. The van der Waals surface area contributed by atoms with Crippen LogP contribution in [-0.4, -0.2) is 85.9 Å². The number of nitrogens with zero attached hydrogens (tertiary/aromatic N) is 3. The van der Waals surface area contributed by atoms with E-state index in [4.69, 9.17) is 0 Å². The van der Waals surface area contributed by atoms with Crippen molar-refractivity contribution in [3.8, 4) is 0 Å². The lowest BCUT2D eigenvalue weighted by Crippen LogP contribution is -2.53. The topological polar surface area (TPSA) is 55.9 Å². The molecule has 0 aromatic carbocycles. The van der Waals surface area contributed by atoms with Gasteiger partial charge in [-0.15, -0.1) is 0 Å². The van der Waals surface area contributed by atoms with Crippen LogP contribution in [0.3, 0.4) is 0 Å². The minimum Gasteiger partial charge on any atom is -0.342 e. The number of amides is 2. The number of likely N-dealkylation sites (tertiary alicyclic amines) is 1. The Bertz CT molecular complexity index is 374. The van der Waals surface area contributed by atoms with Gasteiger partial charge >= 0.3 is 0 Å². The number of piperidine rings is 1. The first-order valence-corrected chi connectivity index (χ1v) is 8.55. The average Bonchev–Trinajstić information content (AvgIpc) is 2.56. The summed E-state index contributed by atoms with van der Waals surface area (Å²) in [5.41, 5.74) is 0. The maximum Gasteiger partial charge on any atom is 0.236 e. The van der Waals surface area contributed by atoms with E-state index in [1.807, 2.05) is 23.8 Å². The van der Waals surface area contributed by atoms with E-state index in [-0.39, 0.29) is 17.7 Å². The highest BCUT2D eigenvalue weighted by Crippen LogP contribution is 2.11. The molecule has 2 amide bonds. The van der Waals surface area contributed by atoms with Crippen molar-refractivity contribution in [3.05, 3.63) is 0 Å². The molecular weight excluding hydrogens is 280 g/mol. The summed E-state index contributed by atoms with van der Waals surface area (Å²) in [5, 5.41) is 3.05. The Balaban J connectivity index is 1.72. The molecule has 0 radical (unpaired) electrons. The number of piperazine rings is 1. The lowest BCUT2D eigenvalue weighted by molar-refractivity contribution is -0.137. The number of carbonyl (C=O) groups is 2. The highest BCUT2D eigenvalue weighted by molar-refractivity contribution is 5.79. The highest BCUT2D eigenvalue weighted by atomic mass is 16.2.